The molecule has 1 aromatic rings. The summed E-state index contributed by atoms with van der Waals surface area (Å²) in [7, 11) is 0. The van der Waals surface area contributed by atoms with Crippen LogP contribution in [0.5, 0.6) is 0 Å². The highest BCUT2D eigenvalue weighted by atomic mass is 79.9. The first-order valence-electron chi connectivity index (χ1n) is 5.78. The first kappa shape index (κ1) is 13.7. The molecular weight excluding hydrogens is 264 g/mol. The summed E-state index contributed by atoms with van der Waals surface area (Å²) in [4.78, 5) is 0. The maximum atomic E-state index is 5.60. The van der Waals surface area contributed by atoms with Gasteiger partial charge >= 0.3 is 0 Å². The molecule has 1 unspecified atom stereocenters. The van der Waals surface area contributed by atoms with Crippen LogP contribution in [0, 0.1) is 5.41 Å². The van der Waals surface area contributed by atoms with Crippen LogP contribution in [-0.2, 0) is 4.74 Å². The molecule has 0 spiro atoms. The van der Waals surface area contributed by atoms with Crippen molar-refractivity contribution in [2.45, 2.75) is 33.6 Å². The van der Waals surface area contributed by atoms with Crippen LogP contribution in [0.15, 0.2) is 28.7 Å². The van der Waals surface area contributed by atoms with Gasteiger partial charge in [-0.1, -0.05) is 48.8 Å². The zero-order valence-corrected chi connectivity index (χ0v) is 12.2. The molecule has 0 saturated carbocycles. The van der Waals surface area contributed by atoms with E-state index in [2.05, 4.69) is 61.0 Å². The van der Waals surface area contributed by atoms with E-state index in [0.29, 0.717) is 5.92 Å². The van der Waals surface area contributed by atoms with Gasteiger partial charge in [-0.15, -0.1) is 0 Å². The molecule has 1 aromatic carbocycles. The average Bonchev–Trinajstić information content (AvgIpc) is 2.19. The van der Waals surface area contributed by atoms with Gasteiger partial charge in [0.15, 0.2) is 0 Å². The normalized spacial score (nSPS) is 13.8. The van der Waals surface area contributed by atoms with E-state index in [1.54, 1.807) is 0 Å². The fourth-order valence-electron chi connectivity index (χ4n) is 1.78. The van der Waals surface area contributed by atoms with Gasteiger partial charge in [-0.25, -0.2) is 0 Å². The maximum absolute atomic E-state index is 5.60. The van der Waals surface area contributed by atoms with Crippen molar-refractivity contribution < 1.29 is 4.74 Å². The van der Waals surface area contributed by atoms with Gasteiger partial charge in [-0.2, -0.15) is 0 Å². The summed E-state index contributed by atoms with van der Waals surface area (Å²) in [5.41, 5.74) is 1.58. The van der Waals surface area contributed by atoms with Gasteiger partial charge < -0.3 is 4.74 Å². The fraction of sp³-hybridized carbons (Fsp3) is 0.571. The lowest BCUT2D eigenvalue weighted by Crippen LogP contribution is -2.23. The monoisotopic (exact) mass is 284 g/mol. The lowest BCUT2D eigenvalue weighted by molar-refractivity contribution is 0.0975. The molecule has 90 valence electrons. The quantitative estimate of drug-likeness (QED) is 0.784. The van der Waals surface area contributed by atoms with Crippen molar-refractivity contribution in [2.24, 2.45) is 5.41 Å². The van der Waals surface area contributed by atoms with Gasteiger partial charge in [0.1, 0.15) is 0 Å². The third kappa shape index (κ3) is 3.91. The van der Waals surface area contributed by atoms with Crippen LogP contribution in [0.2, 0.25) is 0 Å². The lowest BCUT2D eigenvalue weighted by Gasteiger charge is -2.31. The molecule has 0 aliphatic rings. The van der Waals surface area contributed by atoms with Gasteiger partial charge in [0.25, 0.3) is 0 Å². The molecule has 16 heavy (non-hydrogen) atoms. The Hall–Kier alpha value is -0.340. The molecule has 0 bridgehead atoms. The zero-order valence-electron chi connectivity index (χ0n) is 10.6. The minimum Gasteiger partial charge on any atom is -0.381 e. The van der Waals surface area contributed by atoms with Gasteiger partial charge in [0.05, 0.1) is 6.61 Å². The van der Waals surface area contributed by atoms with E-state index in [1.807, 2.05) is 6.92 Å². The Bertz CT molecular complexity index is 311. The van der Waals surface area contributed by atoms with E-state index in [0.717, 1.165) is 17.7 Å². The van der Waals surface area contributed by atoms with E-state index in [1.165, 1.54) is 5.56 Å². The highest BCUT2D eigenvalue weighted by Gasteiger charge is 2.26. The zero-order chi connectivity index (χ0) is 12.2. The first-order chi connectivity index (χ1) is 7.45. The summed E-state index contributed by atoms with van der Waals surface area (Å²) in [5, 5.41) is 0. The second-order valence-corrected chi connectivity index (χ2v) is 6.05. The van der Waals surface area contributed by atoms with Crippen LogP contribution in [0.1, 0.15) is 39.2 Å². The summed E-state index contributed by atoms with van der Waals surface area (Å²) in [6, 6.07) is 8.55. The Morgan fingerprint density at radius 2 is 1.75 bits per heavy atom. The second-order valence-electron chi connectivity index (χ2n) is 5.13. The third-order valence-corrected chi connectivity index (χ3v) is 3.34. The molecule has 0 heterocycles. The molecule has 0 aliphatic carbocycles. The third-order valence-electron chi connectivity index (χ3n) is 2.81. The van der Waals surface area contributed by atoms with Crippen molar-refractivity contribution in [3.05, 3.63) is 34.3 Å². The van der Waals surface area contributed by atoms with Crippen LogP contribution < -0.4 is 0 Å². The molecule has 1 rings (SSSR count). The first-order valence-corrected chi connectivity index (χ1v) is 6.57. The molecule has 0 saturated heterocycles. The number of hydrogen-bond acceptors (Lipinski definition) is 1. The molecule has 0 amide bonds. The van der Waals surface area contributed by atoms with Crippen LogP contribution >= 0.6 is 15.9 Å². The number of ether oxygens (including phenoxy) is 1. The molecule has 0 N–H and O–H groups in total. The van der Waals surface area contributed by atoms with Crippen molar-refractivity contribution >= 4 is 15.9 Å². The molecule has 0 aliphatic heterocycles. The predicted octanol–water partition coefficient (Wildman–Crippen LogP) is 4.62. The summed E-state index contributed by atoms with van der Waals surface area (Å²) < 4.78 is 6.72. The van der Waals surface area contributed by atoms with Crippen LogP contribution in [0.25, 0.3) is 0 Å². The number of hydrogen-bond donors (Lipinski definition) is 0. The second kappa shape index (κ2) is 5.83. The van der Waals surface area contributed by atoms with E-state index >= 15 is 0 Å². The number of halogens is 1. The molecule has 0 radical (unpaired) electrons. The molecule has 2 heteroatoms. The number of benzene rings is 1. The maximum Gasteiger partial charge on any atom is 0.0539 e. The summed E-state index contributed by atoms with van der Waals surface area (Å²) >= 11 is 3.47. The average molecular weight is 285 g/mol. The molecule has 1 atom stereocenters. The van der Waals surface area contributed by atoms with Crippen molar-refractivity contribution in [3.63, 3.8) is 0 Å². The summed E-state index contributed by atoms with van der Waals surface area (Å²) in [5.74, 6) is 0.445. The van der Waals surface area contributed by atoms with E-state index in [-0.39, 0.29) is 5.41 Å². The predicted molar refractivity (Wildman–Crippen MR) is 72.8 cm³/mol. The van der Waals surface area contributed by atoms with Crippen molar-refractivity contribution in [1.29, 1.82) is 0 Å². The van der Waals surface area contributed by atoms with E-state index in [4.69, 9.17) is 4.74 Å². The SMILES string of the molecule is CCOCC(c1ccc(Br)cc1)C(C)(C)C. The molecule has 1 nitrogen and oxygen atoms in total. The Labute approximate surface area is 107 Å². The highest BCUT2D eigenvalue weighted by molar-refractivity contribution is 9.10. The van der Waals surface area contributed by atoms with Crippen molar-refractivity contribution in [1.82, 2.24) is 0 Å². The Morgan fingerprint density at radius 3 is 2.19 bits per heavy atom. The Kier molecular flexibility index (Phi) is 5.00. The van der Waals surface area contributed by atoms with E-state index < -0.39 is 0 Å². The Morgan fingerprint density at radius 1 is 1.19 bits per heavy atom. The van der Waals surface area contributed by atoms with Crippen LogP contribution in [-0.4, -0.2) is 13.2 Å². The minimum absolute atomic E-state index is 0.225. The van der Waals surface area contributed by atoms with Crippen LogP contribution in [0.3, 0.4) is 0 Å². The number of rotatable bonds is 4. The largest absolute Gasteiger partial charge is 0.381 e. The van der Waals surface area contributed by atoms with Gasteiger partial charge in [-0.05, 0) is 30.0 Å². The Balaban J connectivity index is 2.88. The van der Waals surface area contributed by atoms with Crippen molar-refractivity contribution in [3.8, 4) is 0 Å². The van der Waals surface area contributed by atoms with Gasteiger partial charge in [0.2, 0.25) is 0 Å². The summed E-state index contributed by atoms with van der Waals surface area (Å²) in [6.07, 6.45) is 0. The van der Waals surface area contributed by atoms with Gasteiger partial charge in [0, 0.05) is 17.0 Å². The highest BCUT2D eigenvalue weighted by Crippen LogP contribution is 2.35. The van der Waals surface area contributed by atoms with Crippen molar-refractivity contribution in [2.75, 3.05) is 13.2 Å². The van der Waals surface area contributed by atoms with Gasteiger partial charge in [-0.3, -0.25) is 0 Å². The smallest absolute Gasteiger partial charge is 0.0539 e. The summed E-state index contributed by atoms with van der Waals surface area (Å²) in [6.45, 7) is 10.4. The molecular formula is C14H21BrO. The standard InChI is InChI=1S/C14H21BrO/c1-5-16-10-13(14(2,3)4)11-6-8-12(15)9-7-11/h6-9,13H,5,10H2,1-4H3. The lowest BCUT2D eigenvalue weighted by atomic mass is 9.77. The van der Waals surface area contributed by atoms with Crippen LogP contribution in [0.4, 0.5) is 0 Å². The topological polar surface area (TPSA) is 9.23 Å². The molecule has 0 fully saturated rings. The fourth-order valence-corrected chi connectivity index (χ4v) is 2.04. The minimum atomic E-state index is 0.225. The van der Waals surface area contributed by atoms with E-state index in [9.17, 15) is 0 Å². The molecule has 0 aromatic heterocycles.